The molecule has 1 aliphatic rings. The first-order valence-electron chi connectivity index (χ1n) is 5.55. The monoisotopic (exact) mass is 207 g/mol. The Balaban J connectivity index is 2.08. The second-order valence-corrected chi connectivity index (χ2v) is 4.91. The molecule has 0 saturated heterocycles. The van der Waals surface area contributed by atoms with Crippen LogP contribution in [-0.2, 0) is 6.42 Å². The molecule has 0 amide bonds. The Morgan fingerprint density at radius 1 is 1.27 bits per heavy atom. The van der Waals surface area contributed by atoms with Gasteiger partial charge in [-0.15, -0.1) is 0 Å². The number of nitrogens with two attached hydrogens (primary N) is 1. The molecule has 2 N–H and O–H groups in total. The summed E-state index contributed by atoms with van der Waals surface area (Å²) >= 11 is 0. The summed E-state index contributed by atoms with van der Waals surface area (Å²) in [7, 11) is 0. The fourth-order valence-corrected chi connectivity index (χ4v) is 1.98. The van der Waals surface area contributed by atoms with Crippen LogP contribution in [-0.4, -0.2) is 5.54 Å². The van der Waals surface area contributed by atoms with Gasteiger partial charge in [0.05, 0.1) is 0 Å². The van der Waals surface area contributed by atoms with Gasteiger partial charge in [-0.1, -0.05) is 12.1 Å². The van der Waals surface area contributed by atoms with E-state index in [2.05, 4.69) is 0 Å². The molecule has 15 heavy (non-hydrogen) atoms. The average Bonchev–Trinajstić information content (AvgIpc) is 2.90. The van der Waals surface area contributed by atoms with Crippen LogP contribution in [0.5, 0.6) is 0 Å². The molecule has 0 radical (unpaired) electrons. The Bertz CT molecular complexity index is 357. The van der Waals surface area contributed by atoms with Crippen LogP contribution in [0.3, 0.4) is 0 Å². The van der Waals surface area contributed by atoms with Gasteiger partial charge in [0, 0.05) is 5.54 Å². The Morgan fingerprint density at radius 3 is 2.27 bits per heavy atom. The minimum absolute atomic E-state index is 0.0763. The zero-order valence-electron chi connectivity index (χ0n) is 9.44. The summed E-state index contributed by atoms with van der Waals surface area (Å²) in [6.45, 7) is 3.64. The van der Waals surface area contributed by atoms with Gasteiger partial charge >= 0.3 is 0 Å². The third-order valence-corrected chi connectivity index (χ3v) is 3.30. The van der Waals surface area contributed by atoms with Crippen molar-refractivity contribution in [2.75, 3.05) is 0 Å². The zero-order valence-corrected chi connectivity index (χ0v) is 9.44. The fraction of sp³-hybridized carbons (Fsp3) is 0.538. The largest absolute Gasteiger partial charge is 0.325 e. The number of halogens is 1. The van der Waals surface area contributed by atoms with Gasteiger partial charge in [0.2, 0.25) is 0 Å². The van der Waals surface area contributed by atoms with E-state index in [0.717, 1.165) is 36.8 Å². The van der Waals surface area contributed by atoms with Crippen molar-refractivity contribution < 1.29 is 4.39 Å². The summed E-state index contributed by atoms with van der Waals surface area (Å²) in [6.07, 6.45) is 4.29. The maximum Gasteiger partial charge on any atom is 0.129 e. The summed E-state index contributed by atoms with van der Waals surface area (Å²) in [6, 6.07) is 3.88. The first-order valence-corrected chi connectivity index (χ1v) is 5.55. The fourth-order valence-electron chi connectivity index (χ4n) is 1.98. The normalized spacial score (nSPS) is 17.9. The van der Waals surface area contributed by atoms with Crippen molar-refractivity contribution in [1.29, 1.82) is 0 Å². The molecule has 0 unspecified atom stereocenters. The van der Waals surface area contributed by atoms with Crippen LogP contribution in [0.15, 0.2) is 12.1 Å². The zero-order chi connectivity index (χ0) is 11.1. The highest BCUT2D eigenvalue weighted by Crippen LogP contribution is 2.36. The highest BCUT2D eigenvalue weighted by atomic mass is 19.1. The van der Waals surface area contributed by atoms with Crippen molar-refractivity contribution in [3.8, 4) is 0 Å². The molecule has 2 rings (SSSR count). The first kappa shape index (κ1) is 10.6. The van der Waals surface area contributed by atoms with Gasteiger partial charge in [0.15, 0.2) is 0 Å². The summed E-state index contributed by atoms with van der Waals surface area (Å²) in [5.74, 6) is -0.0763. The SMILES string of the molecule is Cc1cc(CCC2(N)CC2)cc(C)c1F. The molecule has 82 valence electrons. The van der Waals surface area contributed by atoms with E-state index < -0.39 is 0 Å². The van der Waals surface area contributed by atoms with Gasteiger partial charge in [-0.25, -0.2) is 4.39 Å². The molecule has 1 fully saturated rings. The van der Waals surface area contributed by atoms with Crippen LogP contribution in [0.2, 0.25) is 0 Å². The summed E-state index contributed by atoms with van der Waals surface area (Å²) < 4.78 is 13.4. The van der Waals surface area contributed by atoms with Crippen LogP contribution >= 0.6 is 0 Å². The summed E-state index contributed by atoms with van der Waals surface area (Å²) in [5, 5.41) is 0. The molecule has 0 bridgehead atoms. The van der Waals surface area contributed by atoms with Gasteiger partial charge in [0.25, 0.3) is 0 Å². The predicted octanol–water partition coefficient (Wildman–Crippen LogP) is 2.87. The molecule has 0 heterocycles. The Kier molecular flexibility index (Phi) is 2.55. The van der Waals surface area contributed by atoms with Gasteiger partial charge in [0.1, 0.15) is 5.82 Å². The number of hydrogen-bond acceptors (Lipinski definition) is 1. The lowest BCUT2D eigenvalue weighted by Gasteiger charge is -2.10. The molecule has 1 aromatic rings. The van der Waals surface area contributed by atoms with Crippen LogP contribution in [0, 0.1) is 19.7 Å². The van der Waals surface area contributed by atoms with Crippen molar-refractivity contribution in [2.24, 2.45) is 5.73 Å². The molecular weight excluding hydrogens is 189 g/mol. The Morgan fingerprint density at radius 2 is 1.80 bits per heavy atom. The maximum absolute atomic E-state index is 13.4. The van der Waals surface area contributed by atoms with E-state index in [4.69, 9.17) is 5.73 Å². The van der Waals surface area contributed by atoms with Gasteiger partial charge in [-0.2, -0.15) is 0 Å². The standard InChI is InChI=1S/C13H18FN/c1-9-7-11(8-10(2)12(9)14)3-4-13(15)5-6-13/h7-8H,3-6,15H2,1-2H3. The Hall–Kier alpha value is -0.890. The predicted molar refractivity (Wildman–Crippen MR) is 60.3 cm³/mol. The molecule has 0 aromatic heterocycles. The van der Waals surface area contributed by atoms with Crippen molar-refractivity contribution in [3.05, 3.63) is 34.6 Å². The lowest BCUT2D eigenvalue weighted by Crippen LogP contribution is -2.22. The van der Waals surface area contributed by atoms with E-state index in [1.165, 1.54) is 5.56 Å². The van der Waals surface area contributed by atoms with Crippen LogP contribution in [0.1, 0.15) is 36.0 Å². The topological polar surface area (TPSA) is 26.0 Å². The maximum atomic E-state index is 13.4. The van der Waals surface area contributed by atoms with E-state index in [0.29, 0.717) is 0 Å². The van der Waals surface area contributed by atoms with Crippen molar-refractivity contribution in [3.63, 3.8) is 0 Å². The second-order valence-electron chi connectivity index (χ2n) is 4.91. The molecule has 1 saturated carbocycles. The molecular formula is C13H18FN. The molecule has 0 atom stereocenters. The van der Waals surface area contributed by atoms with Gasteiger partial charge in [-0.3, -0.25) is 0 Å². The van der Waals surface area contributed by atoms with Crippen LogP contribution < -0.4 is 5.73 Å². The smallest absolute Gasteiger partial charge is 0.129 e. The highest BCUT2D eigenvalue weighted by Gasteiger charge is 2.37. The average molecular weight is 207 g/mol. The lowest BCUT2D eigenvalue weighted by molar-refractivity contribution is 0.597. The third kappa shape index (κ3) is 2.37. The van der Waals surface area contributed by atoms with Gasteiger partial charge < -0.3 is 5.73 Å². The number of benzene rings is 1. The minimum atomic E-state index is -0.0763. The minimum Gasteiger partial charge on any atom is -0.325 e. The first-order chi connectivity index (χ1) is 7.00. The number of hydrogen-bond donors (Lipinski definition) is 1. The lowest BCUT2D eigenvalue weighted by atomic mass is 10.00. The van der Waals surface area contributed by atoms with E-state index in [-0.39, 0.29) is 11.4 Å². The summed E-state index contributed by atoms with van der Waals surface area (Å²) in [5.41, 5.74) is 8.82. The molecule has 0 spiro atoms. The van der Waals surface area contributed by atoms with E-state index >= 15 is 0 Å². The molecule has 1 aliphatic carbocycles. The van der Waals surface area contributed by atoms with E-state index in [9.17, 15) is 4.39 Å². The van der Waals surface area contributed by atoms with Crippen molar-refractivity contribution in [1.82, 2.24) is 0 Å². The molecule has 1 aromatic carbocycles. The number of rotatable bonds is 3. The summed E-state index contributed by atoms with van der Waals surface area (Å²) in [4.78, 5) is 0. The molecule has 0 aliphatic heterocycles. The van der Waals surface area contributed by atoms with Crippen LogP contribution in [0.25, 0.3) is 0 Å². The van der Waals surface area contributed by atoms with Crippen molar-refractivity contribution >= 4 is 0 Å². The molecule has 1 nitrogen and oxygen atoms in total. The quantitative estimate of drug-likeness (QED) is 0.810. The third-order valence-electron chi connectivity index (χ3n) is 3.30. The van der Waals surface area contributed by atoms with E-state index in [1.54, 1.807) is 0 Å². The second kappa shape index (κ2) is 3.60. The highest BCUT2D eigenvalue weighted by molar-refractivity contribution is 5.30. The van der Waals surface area contributed by atoms with Crippen LogP contribution in [0.4, 0.5) is 4.39 Å². The van der Waals surface area contributed by atoms with Gasteiger partial charge in [-0.05, 0) is 56.2 Å². The number of aryl methyl sites for hydroxylation is 3. The van der Waals surface area contributed by atoms with Crippen molar-refractivity contribution in [2.45, 2.75) is 45.1 Å². The Labute approximate surface area is 90.5 Å². The van der Waals surface area contributed by atoms with E-state index in [1.807, 2.05) is 26.0 Å². The molecule has 2 heteroatoms.